The molecule has 0 aliphatic carbocycles. The van der Waals surface area contributed by atoms with Crippen molar-refractivity contribution in [2.75, 3.05) is 0 Å². The van der Waals surface area contributed by atoms with E-state index in [0.29, 0.717) is 5.39 Å². The largest absolute Gasteiger partial charge is 0.416 e. The van der Waals surface area contributed by atoms with Crippen LogP contribution in [0.4, 0.5) is 13.2 Å². The molecule has 2 aromatic rings. The first-order valence-corrected chi connectivity index (χ1v) is 5.39. The van der Waals surface area contributed by atoms with Crippen LogP contribution in [0, 0.1) is 0 Å². The summed E-state index contributed by atoms with van der Waals surface area (Å²) in [5, 5.41) is 10.6. The maximum Gasteiger partial charge on any atom is 0.416 e. The molecule has 0 fully saturated rings. The summed E-state index contributed by atoms with van der Waals surface area (Å²) in [4.78, 5) is 0. The highest BCUT2D eigenvalue weighted by Gasteiger charge is 2.43. The van der Waals surface area contributed by atoms with E-state index in [4.69, 9.17) is 5.73 Å². The van der Waals surface area contributed by atoms with Gasteiger partial charge in [-0.25, -0.2) is 0 Å². The van der Waals surface area contributed by atoms with Crippen molar-refractivity contribution in [3.63, 3.8) is 0 Å². The van der Waals surface area contributed by atoms with Gasteiger partial charge < -0.3 is 10.8 Å². The lowest BCUT2D eigenvalue weighted by Gasteiger charge is -2.22. The number of alkyl halides is 3. The Labute approximate surface area is 102 Å². The molecule has 0 aromatic heterocycles. The smallest absolute Gasteiger partial charge is 0.382 e. The van der Waals surface area contributed by atoms with E-state index in [0.717, 1.165) is 5.39 Å². The molecule has 0 amide bonds. The van der Waals surface area contributed by atoms with Crippen molar-refractivity contribution in [1.29, 1.82) is 0 Å². The quantitative estimate of drug-likeness (QED) is 0.866. The molecule has 0 radical (unpaired) electrons. The standard InChI is InChI=1S/C13H12F3NO/c14-13(15,16)12(18)11(17)10-7-3-5-8-4-1-2-6-9(8)10/h1-7,11-12,18H,17H2/t11-,12-/m1/s1. The van der Waals surface area contributed by atoms with Gasteiger partial charge >= 0.3 is 6.18 Å². The molecule has 2 atom stereocenters. The first kappa shape index (κ1) is 12.9. The van der Waals surface area contributed by atoms with Crippen LogP contribution in [0.1, 0.15) is 11.6 Å². The fourth-order valence-electron chi connectivity index (χ4n) is 1.91. The van der Waals surface area contributed by atoms with Crippen LogP contribution in [-0.4, -0.2) is 17.4 Å². The van der Waals surface area contributed by atoms with Crippen LogP contribution in [0.2, 0.25) is 0 Å². The van der Waals surface area contributed by atoms with Gasteiger partial charge in [-0.2, -0.15) is 13.2 Å². The summed E-state index contributed by atoms with van der Waals surface area (Å²) in [5.41, 5.74) is 5.81. The topological polar surface area (TPSA) is 46.2 Å². The molecule has 18 heavy (non-hydrogen) atoms. The minimum Gasteiger partial charge on any atom is -0.382 e. The lowest BCUT2D eigenvalue weighted by Crippen LogP contribution is -2.38. The van der Waals surface area contributed by atoms with Crippen molar-refractivity contribution in [3.8, 4) is 0 Å². The molecule has 0 aliphatic heterocycles. The Bertz CT molecular complexity index is 548. The van der Waals surface area contributed by atoms with Crippen LogP contribution >= 0.6 is 0 Å². The zero-order chi connectivity index (χ0) is 13.3. The Kier molecular flexibility index (Phi) is 3.28. The number of benzene rings is 2. The average molecular weight is 255 g/mol. The zero-order valence-electron chi connectivity index (χ0n) is 9.35. The van der Waals surface area contributed by atoms with Crippen LogP contribution in [0.5, 0.6) is 0 Å². The van der Waals surface area contributed by atoms with Gasteiger partial charge in [-0.3, -0.25) is 0 Å². The van der Waals surface area contributed by atoms with E-state index in [-0.39, 0.29) is 5.56 Å². The van der Waals surface area contributed by atoms with Gasteiger partial charge in [-0.05, 0) is 16.3 Å². The predicted octanol–water partition coefficient (Wildman–Crippen LogP) is 2.76. The van der Waals surface area contributed by atoms with Gasteiger partial charge in [0.05, 0.1) is 6.04 Å². The molecule has 5 heteroatoms. The van der Waals surface area contributed by atoms with E-state index in [1.54, 1.807) is 36.4 Å². The summed E-state index contributed by atoms with van der Waals surface area (Å²) in [7, 11) is 0. The molecule has 0 heterocycles. The second-order valence-corrected chi connectivity index (χ2v) is 4.08. The summed E-state index contributed by atoms with van der Waals surface area (Å²) in [6, 6.07) is 10.4. The molecule has 0 saturated carbocycles. The summed E-state index contributed by atoms with van der Waals surface area (Å²) >= 11 is 0. The van der Waals surface area contributed by atoms with E-state index < -0.39 is 18.3 Å². The third kappa shape index (κ3) is 2.32. The normalized spacial score (nSPS) is 15.6. The van der Waals surface area contributed by atoms with Crippen molar-refractivity contribution in [3.05, 3.63) is 48.0 Å². The van der Waals surface area contributed by atoms with Crippen LogP contribution in [-0.2, 0) is 0 Å². The minimum absolute atomic E-state index is 0.290. The Balaban J connectivity index is 2.48. The molecule has 0 spiro atoms. The van der Waals surface area contributed by atoms with Gasteiger partial charge in [-0.15, -0.1) is 0 Å². The van der Waals surface area contributed by atoms with Crippen LogP contribution in [0.15, 0.2) is 42.5 Å². The highest BCUT2D eigenvalue weighted by molar-refractivity contribution is 5.86. The van der Waals surface area contributed by atoms with Crippen LogP contribution in [0.3, 0.4) is 0 Å². The number of rotatable bonds is 2. The summed E-state index contributed by atoms with van der Waals surface area (Å²) in [6.45, 7) is 0. The van der Waals surface area contributed by atoms with Crippen molar-refractivity contribution in [2.24, 2.45) is 5.73 Å². The number of hydrogen-bond acceptors (Lipinski definition) is 2. The number of hydrogen-bond donors (Lipinski definition) is 2. The van der Waals surface area contributed by atoms with Gasteiger partial charge in [0.25, 0.3) is 0 Å². The maximum absolute atomic E-state index is 12.5. The maximum atomic E-state index is 12.5. The lowest BCUT2D eigenvalue weighted by molar-refractivity contribution is -0.210. The SMILES string of the molecule is N[C@H](c1cccc2ccccc12)[C@@H](O)C(F)(F)F. The second-order valence-electron chi connectivity index (χ2n) is 4.08. The van der Waals surface area contributed by atoms with Crippen LogP contribution < -0.4 is 5.73 Å². The summed E-state index contributed by atoms with van der Waals surface area (Å²) in [6.07, 6.45) is -7.29. The Morgan fingerprint density at radius 3 is 2.28 bits per heavy atom. The number of fused-ring (bicyclic) bond motifs is 1. The number of aliphatic hydroxyl groups excluding tert-OH is 1. The lowest BCUT2D eigenvalue weighted by atomic mass is 9.96. The molecule has 2 aromatic carbocycles. The first-order valence-electron chi connectivity index (χ1n) is 5.39. The fraction of sp³-hybridized carbons (Fsp3) is 0.231. The molecule has 2 rings (SSSR count). The summed E-state index contributed by atoms with van der Waals surface area (Å²) in [5.74, 6) is 0. The van der Waals surface area contributed by atoms with E-state index in [9.17, 15) is 18.3 Å². The van der Waals surface area contributed by atoms with Crippen LogP contribution in [0.25, 0.3) is 10.8 Å². The first-order chi connectivity index (χ1) is 8.41. The molecule has 0 aliphatic rings. The molecule has 0 unspecified atom stereocenters. The van der Waals surface area contributed by atoms with E-state index >= 15 is 0 Å². The monoisotopic (exact) mass is 255 g/mol. The van der Waals surface area contributed by atoms with Gasteiger partial charge in [0.2, 0.25) is 0 Å². The molecule has 0 bridgehead atoms. The third-order valence-corrected chi connectivity index (χ3v) is 2.86. The van der Waals surface area contributed by atoms with Crippen molar-refractivity contribution < 1.29 is 18.3 Å². The molecule has 2 nitrogen and oxygen atoms in total. The number of aliphatic hydroxyl groups is 1. The molecular weight excluding hydrogens is 243 g/mol. The number of halogens is 3. The predicted molar refractivity (Wildman–Crippen MR) is 62.9 cm³/mol. The van der Waals surface area contributed by atoms with E-state index in [2.05, 4.69) is 0 Å². The van der Waals surface area contributed by atoms with Gasteiger partial charge in [0, 0.05) is 0 Å². The number of nitrogens with two attached hydrogens (primary N) is 1. The molecule has 3 N–H and O–H groups in total. The second kappa shape index (κ2) is 4.59. The average Bonchev–Trinajstić information content (AvgIpc) is 2.35. The third-order valence-electron chi connectivity index (χ3n) is 2.86. The molecule has 0 saturated heterocycles. The van der Waals surface area contributed by atoms with Gasteiger partial charge in [0.15, 0.2) is 6.10 Å². The minimum atomic E-state index is -4.73. The zero-order valence-corrected chi connectivity index (χ0v) is 9.35. The van der Waals surface area contributed by atoms with Gasteiger partial charge in [-0.1, -0.05) is 42.5 Å². The molecular formula is C13H12F3NO. The Morgan fingerprint density at radius 2 is 1.61 bits per heavy atom. The highest BCUT2D eigenvalue weighted by atomic mass is 19.4. The van der Waals surface area contributed by atoms with Crippen molar-refractivity contribution >= 4 is 10.8 Å². The van der Waals surface area contributed by atoms with E-state index in [1.165, 1.54) is 6.07 Å². The van der Waals surface area contributed by atoms with E-state index in [1.807, 2.05) is 0 Å². The highest BCUT2D eigenvalue weighted by Crippen LogP contribution is 2.31. The Morgan fingerprint density at radius 1 is 1.00 bits per heavy atom. The molecule has 96 valence electrons. The Hall–Kier alpha value is -1.59. The van der Waals surface area contributed by atoms with Crippen molar-refractivity contribution in [1.82, 2.24) is 0 Å². The fourth-order valence-corrected chi connectivity index (χ4v) is 1.91. The van der Waals surface area contributed by atoms with Crippen molar-refractivity contribution in [2.45, 2.75) is 18.3 Å². The van der Waals surface area contributed by atoms with Gasteiger partial charge in [0.1, 0.15) is 0 Å². The summed E-state index contributed by atoms with van der Waals surface area (Å²) < 4.78 is 37.4.